The van der Waals surface area contributed by atoms with Crippen LogP contribution in [0.5, 0.6) is 0 Å². The van der Waals surface area contributed by atoms with Crippen molar-refractivity contribution in [3.8, 4) is 0 Å². The number of amides is 2. The average molecular weight is 288 g/mol. The Balaban J connectivity index is 2.60. The van der Waals surface area contributed by atoms with E-state index in [2.05, 4.69) is 4.99 Å². The summed E-state index contributed by atoms with van der Waals surface area (Å²) in [4.78, 5) is 29.7. The molecule has 0 unspecified atom stereocenters. The first-order valence-corrected chi connectivity index (χ1v) is 6.84. The van der Waals surface area contributed by atoms with Gasteiger partial charge in [0.25, 0.3) is 0 Å². The van der Waals surface area contributed by atoms with Crippen LogP contribution >= 0.6 is 0 Å². The van der Waals surface area contributed by atoms with E-state index in [1.807, 2.05) is 19.9 Å². The van der Waals surface area contributed by atoms with Crippen LogP contribution in [0.1, 0.15) is 36.2 Å². The summed E-state index contributed by atoms with van der Waals surface area (Å²) in [5, 5.41) is 0. The highest BCUT2D eigenvalue weighted by molar-refractivity contribution is 6.00. The fraction of sp³-hybridized carbons (Fsp3) is 0.400. The Hall–Kier alpha value is -2.37. The van der Waals surface area contributed by atoms with Crippen molar-refractivity contribution in [3.05, 3.63) is 35.4 Å². The van der Waals surface area contributed by atoms with Crippen molar-refractivity contribution in [1.82, 2.24) is 4.90 Å². The summed E-state index contributed by atoms with van der Waals surface area (Å²) in [5.41, 5.74) is 11.5. The van der Waals surface area contributed by atoms with E-state index in [0.717, 1.165) is 5.56 Å². The number of rotatable bonds is 3. The maximum Gasteiger partial charge on any atom is 0.248 e. The normalized spacial score (nSPS) is 25.7. The molecule has 1 aromatic carbocycles. The second-order valence-electron chi connectivity index (χ2n) is 5.42. The number of hydrogen-bond acceptors (Lipinski definition) is 4. The molecule has 1 aliphatic rings. The molecule has 0 saturated carbocycles. The standard InChI is InChI=1S/C15H20N4O2/c1-4-11-13(21)19(3)14(17)18-15(11,2)10-7-5-6-9(8-10)12(16)20/h5-8,11H,4H2,1-3H3,(H2,16,20)(H2,17,18)/t11-,15+/m0/s1. The molecule has 0 fully saturated rings. The molecular weight excluding hydrogens is 268 g/mol. The van der Waals surface area contributed by atoms with E-state index in [9.17, 15) is 9.59 Å². The second kappa shape index (κ2) is 5.20. The van der Waals surface area contributed by atoms with Gasteiger partial charge >= 0.3 is 0 Å². The van der Waals surface area contributed by atoms with Crippen molar-refractivity contribution in [3.63, 3.8) is 0 Å². The lowest BCUT2D eigenvalue weighted by Crippen LogP contribution is -2.53. The fourth-order valence-electron chi connectivity index (χ4n) is 2.80. The minimum Gasteiger partial charge on any atom is -0.369 e. The van der Waals surface area contributed by atoms with Crippen LogP contribution in [0.25, 0.3) is 0 Å². The zero-order valence-corrected chi connectivity index (χ0v) is 12.5. The molecule has 2 amide bonds. The van der Waals surface area contributed by atoms with Crippen LogP contribution in [-0.2, 0) is 10.3 Å². The van der Waals surface area contributed by atoms with E-state index in [1.165, 1.54) is 4.90 Å². The van der Waals surface area contributed by atoms with Crippen LogP contribution in [0, 0.1) is 5.92 Å². The molecule has 21 heavy (non-hydrogen) atoms. The minimum atomic E-state index is -0.798. The fourth-order valence-corrected chi connectivity index (χ4v) is 2.80. The molecule has 1 aliphatic heterocycles. The van der Waals surface area contributed by atoms with Crippen LogP contribution in [0.2, 0.25) is 0 Å². The molecule has 112 valence electrons. The van der Waals surface area contributed by atoms with Gasteiger partial charge in [-0.3, -0.25) is 14.5 Å². The lowest BCUT2D eigenvalue weighted by Gasteiger charge is -2.40. The molecule has 6 nitrogen and oxygen atoms in total. The van der Waals surface area contributed by atoms with Gasteiger partial charge in [-0.05, 0) is 31.0 Å². The monoisotopic (exact) mass is 288 g/mol. The molecule has 2 atom stereocenters. The van der Waals surface area contributed by atoms with Gasteiger partial charge in [-0.15, -0.1) is 0 Å². The predicted octanol–water partition coefficient (Wildman–Crippen LogP) is 0.814. The Labute approximate surface area is 123 Å². The van der Waals surface area contributed by atoms with Crippen molar-refractivity contribution in [1.29, 1.82) is 0 Å². The van der Waals surface area contributed by atoms with E-state index in [4.69, 9.17) is 11.5 Å². The van der Waals surface area contributed by atoms with Crippen molar-refractivity contribution in [2.45, 2.75) is 25.8 Å². The van der Waals surface area contributed by atoms with E-state index in [1.54, 1.807) is 25.2 Å². The van der Waals surface area contributed by atoms with Crippen molar-refractivity contribution in [2.24, 2.45) is 22.4 Å². The number of benzene rings is 1. The lowest BCUT2D eigenvalue weighted by molar-refractivity contribution is -0.134. The van der Waals surface area contributed by atoms with Crippen molar-refractivity contribution in [2.75, 3.05) is 7.05 Å². The third kappa shape index (κ3) is 2.37. The maximum absolute atomic E-state index is 12.4. The topological polar surface area (TPSA) is 102 Å². The summed E-state index contributed by atoms with van der Waals surface area (Å²) >= 11 is 0. The number of aliphatic imine (C=N–C) groups is 1. The van der Waals surface area contributed by atoms with E-state index in [0.29, 0.717) is 12.0 Å². The highest BCUT2D eigenvalue weighted by Crippen LogP contribution is 2.39. The summed E-state index contributed by atoms with van der Waals surface area (Å²) < 4.78 is 0. The number of nitrogens with zero attached hydrogens (tertiary/aromatic N) is 2. The first-order valence-electron chi connectivity index (χ1n) is 6.84. The summed E-state index contributed by atoms with van der Waals surface area (Å²) in [6, 6.07) is 6.90. The molecular formula is C15H20N4O2. The second-order valence-corrected chi connectivity index (χ2v) is 5.42. The van der Waals surface area contributed by atoms with E-state index < -0.39 is 11.4 Å². The number of nitrogens with two attached hydrogens (primary N) is 2. The van der Waals surface area contributed by atoms with Crippen molar-refractivity contribution >= 4 is 17.8 Å². The van der Waals surface area contributed by atoms with Gasteiger partial charge in [0, 0.05) is 12.6 Å². The summed E-state index contributed by atoms with van der Waals surface area (Å²) in [5.74, 6) is -0.740. The quantitative estimate of drug-likeness (QED) is 0.860. The number of hydrogen-bond donors (Lipinski definition) is 2. The summed E-state index contributed by atoms with van der Waals surface area (Å²) in [6.45, 7) is 3.79. The smallest absolute Gasteiger partial charge is 0.248 e. The van der Waals surface area contributed by atoms with Gasteiger partial charge in [-0.2, -0.15) is 0 Å². The molecule has 1 heterocycles. The molecule has 0 radical (unpaired) electrons. The molecule has 0 bridgehead atoms. The van der Waals surface area contributed by atoms with Crippen LogP contribution in [-0.4, -0.2) is 29.7 Å². The molecule has 1 aromatic rings. The van der Waals surface area contributed by atoms with Crippen LogP contribution in [0.15, 0.2) is 29.3 Å². The molecule has 2 rings (SSSR count). The van der Waals surface area contributed by atoms with Crippen LogP contribution in [0.3, 0.4) is 0 Å². The first-order chi connectivity index (χ1) is 9.81. The molecule has 4 N–H and O–H groups in total. The molecule has 6 heteroatoms. The Bertz CT molecular complexity index is 626. The van der Waals surface area contributed by atoms with E-state index in [-0.39, 0.29) is 17.8 Å². The maximum atomic E-state index is 12.4. The van der Waals surface area contributed by atoms with Gasteiger partial charge in [0.1, 0.15) is 0 Å². The zero-order chi connectivity index (χ0) is 15.8. The SMILES string of the molecule is CC[C@H]1C(=O)N(C)C(N)=N[C@]1(C)c1cccc(C(N)=O)c1. The minimum absolute atomic E-state index is 0.0722. The Morgan fingerprint density at radius 1 is 1.48 bits per heavy atom. The number of primary amides is 1. The number of guanidine groups is 1. The van der Waals surface area contributed by atoms with Gasteiger partial charge in [0.05, 0.1) is 11.5 Å². The largest absolute Gasteiger partial charge is 0.369 e. The third-order valence-corrected chi connectivity index (χ3v) is 4.14. The molecule has 0 aromatic heterocycles. The number of carbonyl (C=O) groups is 2. The van der Waals surface area contributed by atoms with E-state index >= 15 is 0 Å². The summed E-state index contributed by atoms with van der Waals surface area (Å²) in [6.07, 6.45) is 0.622. The molecule has 0 spiro atoms. The first kappa shape index (κ1) is 15.0. The van der Waals surface area contributed by atoms with Crippen molar-refractivity contribution < 1.29 is 9.59 Å². The zero-order valence-electron chi connectivity index (χ0n) is 12.5. The van der Waals surface area contributed by atoms with Gasteiger partial charge in [-0.1, -0.05) is 19.1 Å². The molecule has 0 aliphatic carbocycles. The average Bonchev–Trinajstić information content (AvgIpc) is 2.45. The molecule has 0 saturated heterocycles. The number of carbonyl (C=O) groups excluding carboxylic acids is 2. The summed E-state index contributed by atoms with van der Waals surface area (Å²) in [7, 11) is 1.61. The van der Waals surface area contributed by atoms with Gasteiger partial charge in [0.2, 0.25) is 11.8 Å². The van der Waals surface area contributed by atoms with Gasteiger partial charge < -0.3 is 11.5 Å². The Kier molecular flexibility index (Phi) is 3.72. The predicted molar refractivity (Wildman–Crippen MR) is 80.5 cm³/mol. The highest BCUT2D eigenvalue weighted by atomic mass is 16.2. The van der Waals surface area contributed by atoms with Gasteiger partial charge in [0.15, 0.2) is 5.96 Å². The van der Waals surface area contributed by atoms with Gasteiger partial charge in [-0.25, -0.2) is 4.99 Å². The lowest BCUT2D eigenvalue weighted by atomic mass is 9.76. The third-order valence-electron chi connectivity index (χ3n) is 4.14. The van der Waals surface area contributed by atoms with Crippen LogP contribution in [0.4, 0.5) is 0 Å². The Morgan fingerprint density at radius 3 is 2.71 bits per heavy atom. The van der Waals surface area contributed by atoms with Crippen LogP contribution < -0.4 is 11.5 Å². The highest BCUT2D eigenvalue weighted by Gasteiger charge is 2.45. The Morgan fingerprint density at radius 2 is 2.14 bits per heavy atom.